The first-order valence-electron chi connectivity index (χ1n) is 6.94. The number of rotatable bonds is 4. The number of likely N-dealkylation sites (tertiary alicyclic amines) is 1. The van der Waals surface area contributed by atoms with Crippen LogP contribution in [-0.4, -0.2) is 37.2 Å². The van der Waals surface area contributed by atoms with Gasteiger partial charge in [0.25, 0.3) is 0 Å². The van der Waals surface area contributed by atoms with Crippen molar-refractivity contribution in [3.8, 4) is 0 Å². The van der Waals surface area contributed by atoms with Gasteiger partial charge in [-0.15, -0.1) is 0 Å². The molecular weight excluding hydrogens is 295 g/mol. The van der Waals surface area contributed by atoms with E-state index in [9.17, 15) is 0 Å². The molecule has 3 nitrogen and oxygen atoms in total. The van der Waals surface area contributed by atoms with Crippen molar-refractivity contribution in [3.05, 3.63) is 33.8 Å². The molecule has 2 unspecified atom stereocenters. The second kappa shape index (κ2) is 6.63. The Morgan fingerprint density at radius 1 is 1.45 bits per heavy atom. The van der Waals surface area contributed by atoms with Gasteiger partial charge in [0.05, 0.1) is 15.6 Å². The van der Waals surface area contributed by atoms with Gasteiger partial charge in [0.15, 0.2) is 0 Å². The van der Waals surface area contributed by atoms with Crippen LogP contribution < -0.4 is 5.73 Å². The summed E-state index contributed by atoms with van der Waals surface area (Å²) in [5, 5.41) is 1.18. The van der Waals surface area contributed by atoms with Crippen molar-refractivity contribution in [1.29, 1.82) is 0 Å². The number of piperidine rings is 1. The maximum atomic E-state index is 6.35. The zero-order valence-corrected chi connectivity index (χ0v) is 13.5. The monoisotopic (exact) mass is 316 g/mol. The highest BCUT2D eigenvalue weighted by Gasteiger charge is 2.34. The average Bonchev–Trinajstić information content (AvgIpc) is 2.44. The minimum absolute atomic E-state index is 0.0796. The van der Waals surface area contributed by atoms with Gasteiger partial charge in [0.1, 0.15) is 0 Å². The molecular formula is C15H22Cl2N2O. The zero-order chi connectivity index (χ0) is 14.8. The molecule has 1 heterocycles. The van der Waals surface area contributed by atoms with Crippen LogP contribution in [-0.2, 0) is 4.74 Å². The largest absolute Gasteiger partial charge is 0.377 e. The van der Waals surface area contributed by atoms with E-state index in [1.165, 1.54) is 0 Å². The highest BCUT2D eigenvalue weighted by Crippen LogP contribution is 2.35. The summed E-state index contributed by atoms with van der Waals surface area (Å²) < 4.78 is 5.65. The third-order valence-corrected chi connectivity index (χ3v) is 5.02. The molecule has 0 aliphatic carbocycles. The fourth-order valence-corrected chi connectivity index (χ4v) is 3.36. The Morgan fingerprint density at radius 2 is 2.20 bits per heavy atom. The Hall–Kier alpha value is -0.320. The van der Waals surface area contributed by atoms with Crippen molar-refractivity contribution in [1.82, 2.24) is 4.90 Å². The number of benzene rings is 1. The third kappa shape index (κ3) is 3.29. The predicted molar refractivity (Wildman–Crippen MR) is 84.5 cm³/mol. The Kier molecular flexibility index (Phi) is 5.32. The predicted octanol–water partition coefficient (Wildman–Crippen LogP) is 3.49. The Balaban J connectivity index is 2.26. The van der Waals surface area contributed by atoms with Crippen LogP contribution in [0.15, 0.2) is 18.2 Å². The molecule has 0 saturated carbocycles. The molecule has 20 heavy (non-hydrogen) atoms. The van der Waals surface area contributed by atoms with Crippen LogP contribution in [0.25, 0.3) is 0 Å². The van der Waals surface area contributed by atoms with Gasteiger partial charge < -0.3 is 10.5 Å². The van der Waals surface area contributed by atoms with E-state index < -0.39 is 0 Å². The van der Waals surface area contributed by atoms with E-state index in [1.807, 2.05) is 12.1 Å². The lowest BCUT2D eigenvalue weighted by Crippen LogP contribution is -2.49. The topological polar surface area (TPSA) is 38.5 Å². The van der Waals surface area contributed by atoms with Crippen molar-refractivity contribution >= 4 is 23.2 Å². The van der Waals surface area contributed by atoms with E-state index in [0.29, 0.717) is 16.6 Å². The molecule has 1 aliphatic heterocycles. The van der Waals surface area contributed by atoms with E-state index in [4.69, 9.17) is 33.7 Å². The van der Waals surface area contributed by atoms with Crippen molar-refractivity contribution in [3.63, 3.8) is 0 Å². The van der Waals surface area contributed by atoms with Crippen molar-refractivity contribution in [2.45, 2.75) is 31.4 Å². The van der Waals surface area contributed by atoms with Gasteiger partial charge in [-0.2, -0.15) is 0 Å². The van der Waals surface area contributed by atoms with Gasteiger partial charge in [-0.25, -0.2) is 0 Å². The summed E-state index contributed by atoms with van der Waals surface area (Å²) in [5.74, 6) is 0. The third-order valence-electron chi connectivity index (χ3n) is 4.19. The zero-order valence-electron chi connectivity index (χ0n) is 12.0. The Morgan fingerprint density at radius 3 is 2.85 bits per heavy atom. The first kappa shape index (κ1) is 16.1. The van der Waals surface area contributed by atoms with Gasteiger partial charge >= 0.3 is 0 Å². The van der Waals surface area contributed by atoms with Gasteiger partial charge in [0, 0.05) is 26.2 Å². The van der Waals surface area contributed by atoms with Crippen LogP contribution in [0.4, 0.5) is 0 Å². The van der Waals surface area contributed by atoms with Crippen molar-refractivity contribution in [2.24, 2.45) is 5.73 Å². The highest BCUT2D eigenvalue weighted by atomic mass is 35.5. The molecule has 2 rings (SSSR count). The molecule has 112 valence electrons. The number of nitrogens with zero attached hydrogens (tertiary/aromatic N) is 1. The summed E-state index contributed by atoms with van der Waals surface area (Å²) in [4.78, 5) is 2.35. The average molecular weight is 317 g/mol. The molecule has 1 saturated heterocycles. The molecule has 0 bridgehead atoms. The Bertz CT molecular complexity index is 469. The molecule has 0 radical (unpaired) electrons. The Labute approximate surface area is 131 Å². The SMILES string of the molecule is COC1(C)CCCN(C(CN)c2cccc(Cl)c2Cl)C1. The fourth-order valence-electron chi connectivity index (χ4n) is 2.93. The van der Waals surface area contributed by atoms with Gasteiger partial charge in [0.2, 0.25) is 0 Å². The van der Waals surface area contributed by atoms with Crippen LogP contribution in [0, 0.1) is 0 Å². The molecule has 2 atom stereocenters. The van der Waals surface area contributed by atoms with Crippen molar-refractivity contribution in [2.75, 3.05) is 26.7 Å². The lowest BCUT2D eigenvalue weighted by Gasteiger charge is -2.43. The molecule has 0 spiro atoms. The summed E-state index contributed by atoms with van der Waals surface area (Å²) in [6.45, 7) is 4.52. The number of methoxy groups -OCH3 is 1. The standard InChI is InChI=1S/C15H22Cl2N2O/c1-15(20-2)7-4-8-19(10-15)13(9-18)11-5-3-6-12(16)14(11)17/h3,5-6,13H,4,7-10,18H2,1-2H3. The van der Waals surface area contributed by atoms with Gasteiger partial charge in [-0.05, 0) is 37.9 Å². The van der Waals surface area contributed by atoms with E-state index in [0.717, 1.165) is 31.5 Å². The second-order valence-electron chi connectivity index (χ2n) is 5.62. The van der Waals surface area contributed by atoms with Crippen LogP contribution in [0.1, 0.15) is 31.4 Å². The first-order valence-corrected chi connectivity index (χ1v) is 7.69. The lowest BCUT2D eigenvalue weighted by atomic mass is 9.92. The van der Waals surface area contributed by atoms with Gasteiger partial charge in [-0.3, -0.25) is 4.90 Å². The van der Waals surface area contributed by atoms with Crippen LogP contribution in [0.2, 0.25) is 10.0 Å². The molecule has 1 aromatic rings. The lowest BCUT2D eigenvalue weighted by molar-refractivity contribution is -0.0608. The van der Waals surface area contributed by atoms with E-state index in [-0.39, 0.29) is 11.6 Å². The van der Waals surface area contributed by atoms with E-state index >= 15 is 0 Å². The minimum atomic E-state index is -0.114. The van der Waals surface area contributed by atoms with Crippen molar-refractivity contribution < 1.29 is 4.74 Å². The maximum absolute atomic E-state index is 6.35. The summed E-state index contributed by atoms with van der Waals surface area (Å²) in [5.41, 5.74) is 6.89. The molecule has 0 aromatic heterocycles. The summed E-state index contributed by atoms with van der Waals surface area (Å²) in [7, 11) is 1.77. The summed E-state index contributed by atoms with van der Waals surface area (Å²) in [6.07, 6.45) is 2.17. The number of halogens is 2. The number of hydrogen-bond donors (Lipinski definition) is 1. The van der Waals surface area contributed by atoms with Crippen LogP contribution in [0.3, 0.4) is 0 Å². The molecule has 1 aliphatic rings. The van der Waals surface area contributed by atoms with Crippen LogP contribution in [0.5, 0.6) is 0 Å². The molecule has 1 aromatic carbocycles. The van der Waals surface area contributed by atoms with E-state index in [2.05, 4.69) is 11.8 Å². The normalized spacial score (nSPS) is 25.6. The second-order valence-corrected chi connectivity index (χ2v) is 6.41. The molecule has 1 fully saturated rings. The minimum Gasteiger partial charge on any atom is -0.377 e. The molecule has 2 N–H and O–H groups in total. The van der Waals surface area contributed by atoms with E-state index in [1.54, 1.807) is 13.2 Å². The maximum Gasteiger partial charge on any atom is 0.0777 e. The smallest absolute Gasteiger partial charge is 0.0777 e. The number of hydrogen-bond acceptors (Lipinski definition) is 3. The quantitative estimate of drug-likeness (QED) is 0.924. The molecule has 0 amide bonds. The first-order chi connectivity index (χ1) is 9.50. The highest BCUT2D eigenvalue weighted by molar-refractivity contribution is 6.42. The van der Waals surface area contributed by atoms with Crippen LogP contribution >= 0.6 is 23.2 Å². The number of nitrogens with two attached hydrogens (primary N) is 1. The summed E-state index contributed by atoms with van der Waals surface area (Å²) >= 11 is 12.5. The molecule has 5 heteroatoms. The number of ether oxygens (including phenoxy) is 1. The fraction of sp³-hybridized carbons (Fsp3) is 0.600. The van der Waals surface area contributed by atoms with Gasteiger partial charge in [-0.1, -0.05) is 35.3 Å². The summed E-state index contributed by atoms with van der Waals surface area (Å²) in [6, 6.07) is 5.81.